The number of aryl methyl sites for hydroxylation is 2. The van der Waals surface area contributed by atoms with Crippen LogP contribution in [0.5, 0.6) is 0 Å². The van der Waals surface area contributed by atoms with Crippen molar-refractivity contribution in [3.63, 3.8) is 0 Å². The lowest BCUT2D eigenvalue weighted by Gasteiger charge is -2.33. The second-order valence-corrected chi connectivity index (χ2v) is 6.94. The lowest BCUT2D eigenvalue weighted by atomic mass is 10.0. The van der Waals surface area contributed by atoms with E-state index in [1.807, 2.05) is 19.1 Å². The normalized spacial score (nSPS) is 18.4. The molecule has 3 heterocycles. The van der Waals surface area contributed by atoms with Gasteiger partial charge >= 0.3 is 0 Å². The molecule has 1 saturated heterocycles. The molecule has 3 rings (SSSR count). The van der Waals surface area contributed by atoms with Crippen molar-refractivity contribution in [2.24, 2.45) is 7.05 Å². The lowest BCUT2D eigenvalue weighted by molar-refractivity contribution is 0.0939. The first-order chi connectivity index (χ1) is 12.0. The predicted molar refractivity (Wildman–Crippen MR) is 97.5 cm³/mol. The largest absolute Gasteiger partial charge is 0.460 e. The Balaban J connectivity index is 1.50. The third kappa shape index (κ3) is 4.31. The summed E-state index contributed by atoms with van der Waals surface area (Å²) < 4.78 is 7.19. The van der Waals surface area contributed by atoms with Gasteiger partial charge in [-0.15, -0.1) is 0 Å². The van der Waals surface area contributed by atoms with E-state index in [4.69, 9.17) is 4.42 Å². The van der Waals surface area contributed by atoms with Crippen molar-refractivity contribution in [1.29, 1.82) is 0 Å². The topological polar surface area (TPSA) is 63.3 Å². The van der Waals surface area contributed by atoms with Gasteiger partial charge < -0.3 is 14.6 Å². The van der Waals surface area contributed by atoms with Crippen molar-refractivity contribution in [1.82, 2.24) is 20.0 Å². The van der Waals surface area contributed by atoms with Gasteiger partial charge in [0.1, 0.15) is 17.1 Å². The van der Waals surface area contributed by atoms with Crippen LogP contribution >= 0.6 is 0 Å². The van der Waals surface area contributed by atoms with E-state index >= 15 is 0 Å². The van der Waals surface area contributed by atoms with Gasteiger partial charge in [-0.3, -0.25) is 9.48 Å². The maximum absolute atomic E-state index is 12.4. The van der Waals surface area contributed by atoms with Gasteiger partial charge in [0.05, 0.1) is 0 Å². The van der Waals surface area contributed by atoms with E-state index in [2.05, 4.69) is 22.2 Å². The molecule has 0 bridgehead atoms. The molecule has 1 atom stereocenters. The summed E-state index contributed by atoms with van der Waals surface area (Å²) in [5.74, 6) is 1.43. The number of rotatable bonds is 6. The molecule has 0 unspecified atom stereocenters. The molecule has 1 amide bonds. The van der Waals surface area contributed by atoms with Crippen LogP contribution in [0.2, 0.25) is 0 Å². The maximum Gasteiger partial charge on any atom is 0.269 e. The number of nitrogens with one attached hydrogen (secondary N) is 1. The Bertz CT molecular complexity index is 719. The average Bonchev–Trinajstić information content (AvgIpc) is 3.19. The first kappa shape index (κ1) is 17.7. The molecule has 6 heteroatoms. The molecule has 1 aliphatic heterocycles. The van der Waals surface area contributed by atoms with Crippen molar-refractivity contribution < 1.29 is 9.21 Å². The number of likely N-dealkylation sites (tertiary alicyclic amines) is 1. The second kappa shape index (κ2) is 7.87. The molecule has 0 saturated carbocycles. The van der Waals surface area contributed by atoms with Crippen LogP contribution < -0.4 is 5.32 Å². The van der Waals surface area contributed by atoms with Crippen molar-refractivity contribution in [3.05, 3.63) is 29.7 Å². The Morgan fingerprint density at radius 2 is 2.24 bits per heavy atom. The smallest absolute Gasteiger partial charge is 0.269 e. The van der Waals surface area contributed by atoms with Crippen LogP contribution in [0.15, 0.2) is 22.6 Å². The summed E-state index contributed by atoms with van der Waals surface area (Å²) in [6.07, 6.45) is 4.89. The Labute approximate surface area is 149 Å². The number of furan rings is 1. The second-order valence-electron chi connectivity index (χ2n) is 6.94. The summed E-state index contributed by atoms with van der Waals surface area (Å²) in [4.78, 5) is 14.9. The fraction of sp³-hybridized carbons (Fsp3) is 0.579. The molecule has 1 fully saturated rings. The summed E-state index contributed by atoms with van der Waals surface area (Å²) in [7, 11) is 1.78. The fourth-order valence-corrected chi connectivity index (χ4v) is 3.44. The van der Waals surface area contributed by atoms with E-state index in [9.17, 15) is 4.79 Å². The minimum atomic E-state index is -0.0868. The number of piperidine rings is 1. The molecule has 0 aromatic carbocycles. The number of amides is 1. The zero-order valence-electron chi connectivity index (χ0n) is 15.4. The highest BCUT2D eigenvalue weighted by atomic mass is 16.3. The van der Waals surface area contributed by atoms with Crippen LogP contribution in [0.4, 0.5) is 0 Å². The summed E-state index contributed by atoms with van der Waals surface area (Å²) in [6.45, 7) is 7.10. The third-order valence-corrected chi connectivity index (χ3v) is 4.95. The quantitative estimate of drug-likeness (QED) is 0.818. The van der Waals surface area contributed by atoms with E-state index in [-0.39, 0.29) is 5.91 Å². The highest BCUT2D eigenvalue weighted by molar-refractivity contribution is 5.93. The summed E-state index contributed by atoms with van der Waals surface area (Å²) >= 11 is 0. The summed E-state index contributed by atoms with van der Waals surface area (Å²) in [6, 6.07) is 6.21. The number of nitrogens with zero attached hydrogens (tertiary/aromatic N) is 3. The molecule has 2 aromatic heterocycles. The molecular formula is C19H28N4O2. The molecule has 0 aliphatic carbocycles. The SMILES string of the molecule is Cc1ccc(-c2cc(C(=O)NCCCN3CCCC[C@H]3C)n(C)n2)o1. The van der Waals surface area contributed by atoms with E-state index in [0.29, 0.717) is 29.7 Å². The number of hydrogen-bond acceptors (Lipinski definition) is 4. The third-order valence-electron chi connectivity index (χ3n) is 4.95. The van der Waals surface area contributed by atoms with Gasteiger partial charge in [0, 0.05) is 32.2 Å². The molecule has 25 heavy (non-hydrogen) atoms. The number of aromatic nitrogens is 2. The highest BCUT2D eigenvalue weighted by Gasteiger charge is 2.18. The van der Waals surface area contributed by atoms with Gasteiger partial charge in [-0.1, -0.05) is 6.42 Å². The Hall–Kier alpha value is -2.08. The number of carbonyl (C=O) groups is 1. The van der Waals surface area contributed by atoms with E-state index in [1.165, 1.54) is 25.8 Å². The van der Waals surface area contributed by atoms with Crippen LogP contribution in [0.3, 0.4) is 0 Å². The minimum absolute atomic E-state index is 0.0868. The predicted octanol–water partition coefficient (Wildman–Crippen LogP) is 2.98. The molecule has 136 valence electrons. The standard InChI is InChI=1S/C19H28N4O2/c1-14-7-4-5-11-23(14)12-6-10-20-19(24)17-13-16(21-22(17)3)18-9-8-15(2)25-18/h8-9,13-14H,4-7,10-12H2,1-3H3,(H,20,24)/t14-/m1/s1. The van der Waals surface area contributed by atoms with E-state index in [0.717, 1.165) is 18.7 Å². The monoisotopic (exact) mass is 344 g/mol. The molecule has 6 nitrogen and oxygen atoms in total. The van der Waals surface area contributed by atoms with Crippen LogP contribution in [-0.4, -0.2) is 46.3 Å². The molecule has 0 radical (unpaired) electrons. The molecule has 2 aromatic rings. The van der Waals surface area contributed by atoms with Crippen molar-refractivity contribution >= 4 is 5.91 Å². The first-order valence-electron chi connectivity index (χ1n) is 9.17. The zero-order chi connectivity index (χ0) is 17.8. The lowest BCUT2D eigenvalue weighted by Crippen LogP contribution is -2.39. The fourth-order valence-electron chi connectivity index (χ4n) is 3.44. The van der Waals surface area contributed by atoms with Crippen LogP contribution in [0, 0.1) is 6.92 Å². The van der Waals surface area contributed by atoms with Gasteiger partial charge in [0.15, 0.2) is 5.76 Å². The zero-order valence-corrected chi connectivity index (χ0v) is 15.4. The molecule has 1 N–H and O–H groups in total. The number of hydrogen-bond donors (Lipinski definition) is 1. The average molecular weight is 344 g/mol. The van der Waals surface area contributed by atoms with Gasteiger partial charge in [-0.2, -0.15) is 5.10 Å². The van der Waals surface area contributed by atoms with Gasteiger partial charge in [0.2, 0.25) is 0 Å². The van der Waals surface area contributed by atoms with Crippen molar-refractivity contribution in [2.45, 2.75) is 45.6 Å². The van der Waals surface area contributed by atoms with Crippen molar-refractivity contribution in [2.75, 3.05) is 19.6 Å². The van der Waals surface area contributed by atoms with E-state index in [1.54, 1.807) is 17.8 Å². The van der Waals surface area contributed by atoms with Gasteiger partial charge in [-0.05, 0) is 51.8 Å². The molecule has 0 spiro atoms. The molecule has 1 aliphatic rings. The van der Waals surface area contributed by atoms with Crippen LogP contribution in [0.25, 0.3) is 11.5 Å². The molecular weight excluding hydrogens is 316 g/mol. The van der Waals surface area contributed by atoms with Gasteiger partial charge in [-0.25, -0.2) is 0 Å². The number of carbonyl (C=O) groups excluding carboxylic acids is 1. The summed E-state index contributed by atoms with van der Waals surface area (Å²) in [5.41, 5.74) is 1.23. The van der Waals surface area contributed by atoms with Crippen LogP contribution in [0.1, 0.15) is 48.9 Å². The Morgan fingerprint density at radius 1 is 1.40 bits per heavy atom. The van der Waals surface area contributed by atoms with Crippen LogP contribution in [-0.2, 0) is 7.05 Å². The highest BCUT2D eigenvalue weighted by Crippen LogP contribution is 2.21. The Morgan fingerprint density at radius 3 is 2.96 bits per heavy atom. The van der Waals surface area contributed by atoms with Crippen molar-refractivity contribution in [3.8, 4) is 11.5 Å². The minimum Gasteiger partial charge on any atom is -0.460 e. The first-order valence-corrected chi connectivity index (χ1v) is 9.17. The van der Waals surface area contributed by atoms with E-state index < -0.39 is 0 Å². The summed E-state index contributed by atoms with van der Waals surface area (Å²) in [5, 5.41) is 7.39. The Kier molecular flexibility index (Phi) is 5.58. The van der Waals surface area contributed by atoms with Gasteiger partial charge in [0.25, 0.3) is 5.91 Å². The maximum atomic E-state index is 12.4.